The van der Waals surface area contributed by atoms with E-state index in [2.05, 4.69) is 41.5 Å². The highest BCUT2D eigenvalue weighted by molar-refractivity contribution is 5.85. The van der Waals surface area contributed by atoms with Crippen LogP contribution in [0.1, 0.15) is 22.6 Å². The van der Waals surface area contributed by atoms with Crippen LogP contribution in [0.4, 0.5) is 0 Å². The summed E-state index contributed by atoms with van der Waals surface area (Å²) < 4.78 is 22.2. The van der Waals surface area contributed by atoms with Crippen molar-refractivity contribution in [3.8, 4) is 23.0 Å². The van der Waals surface area contributed by atoms with Crippen LogP contribution < -0.4 is 18.9 Å². The number of ether oxygens (including phenoxy) is 4. The van der Waals surface area contributed by atoms with Crippen LogP contribution in [0.3, 0.4) is 0 Å². The summed E-state index contributed by atoms with van der Waals surface area (Å²) >= 11 is 0. The Kier molecular flexibility index (Phi) is 5.53. The van der Waals surface area contributed by atoms with Crippen molar-refractivity contribution in [2.45, 2.75) is 5.92 Å². The van der Waals surface area contributed by atoms with E-state index in [1.165, 1.54) is 0 Å². The van der Waals surface area contributed by atoms with Gasteiger partial charge < -0.3 is 23.9 Å². The van der Waals surface area contributed by atoms with Gasteiger partial charge in [-0.3, -0.25) is 0 Å². The number of methoxy groups -OCH3 is 4. The highest BCUT2D eigenvalue weighted by atomic mass is 16.5. The summed E-state index contributed by atoms with van der Waals surface area (Å²) in [4.78, 5) is 3.40. The summed E-state index contributed by atoms with van der Waals surface area (Å²) in [6, 6.07) is 20.3. The number of nitrogens with one attached hydrogen (secondary N) is 1. The number of aromatic nitrogens is 1. The van der Waals surface area contributed by atoms with E-state index in [0.29, 0.717) is 11.5 Å². The number of hydrogen-bond acceptors (Lipinski definition) is 4. The van der Waals surface area contributed by atoms with Gasteiger partial charge >= 0.3 is 0 Å². The topological polar surface area (TPSA) is 52.7 Å². The fourth-order valence-corrected chi connectivity index (χ4v) is 3.93. The monoisotopic (exact) mass is 403 g/mol. The van der Waals surface area contributed by atoms with Crippen molar-refractivity contribution >= 4 is 10.9 Å². The molecule has 0 amide bonds. The van der Waals surface area contributed by atoms with Crippen LogP contribution in [0.2, 0.25) is 0 Å². The highest BCUT2D eigenvalue weighted by Crippen LogP contribution is 2.44. The van der Waals surface area contributed by atoms with E-state index in [0.717, 1.165) is 39.1 Å². The number of para-hydroxylation sites is 1. The third-order valence-corrected chi connectivity index (χ3v) is 5.43. The molecule has 0 spiro atoms. The molecule has 0 saturated carbocycles. The average Bonchev–Trinajstić information content (AvgIpc) is 3.23. The second kappa shape index (κ2) is 8.41. The van der Waals surface area contributed by atoms with Crippen LogP contribution >= 0.6 is 0 Å². The Morgan fingerprint density at radius 3 is 2.00 bits per heavy atom. The van der Waals surface area contributed by atoms with Gasteiger partial charge in [-0.2, -0.15) is 0 Å². The molecule has 3 aromatic carbocycles. The van der Waals surface area contributed by atoms with Gasteiger partial charge in [0, 0.05) is 34.6 Å². The summed E-state index contributed by atoms with van der Waals surface area (Å²) in [6.45, 7) is 0. The fourth-order valence-electron chi connectivity index (χ4n) is 3.93. The molecule has 0 bridgehead atoms. The Balaban J connectivity index is 1.98. The molecule has 0 radical (unpaired) electrons. The Morgan fingerprint density at radius 1 is 0.667 bits per heavy atom. The molecule has 5 heteroatoms. The number of hydrogen-bond donors (Lipinski definition) is 1. The van der Waals surface area contributed by atoms with Crippen LogP contribution in [-0.4, -0.2) is 33.4 Å². The molecule has 1 atom stereocenters. The molecule has 1 N–H and O–H groups in total. The molecule has 1 aromatic heterocycles. The Morgan fingerprint density at radius 2 is 1.33 bits per heavy atom. The second-order valence-corrected chi connectivity index (χ2v) is 6.94. The Hall–Kier alpha value is -3.60. The normalized spacial score (nSPS) is 11.9. The molecule has 0 aliphatic carbocycles. The molecule has 5 nitrogen and oxygen atoms in total. The zero-order valence-corrected chi connectivity index (χ0v) is 17.6. The van der Waals surface area contributed by atoms with Crippen LogP contribution in [-0.2, 0) is 0 Å². The summed E-state index contributed by atoms with van der Waals surface area (Å²) in [5.41, 5.74) is 4.35. The minimum Gasteiger partial charge on any atom is -0.497 e. The van der Waals surface area contributed by atoms with Gasteiger partial charge in [0.2, 0.25) is 0 Å². The number of aromatic amines is 1. The molecule has 0 saturated heterocycles. The molecule has 4 aromatic rings. The molecule has 1 heterocycles. The maximum absolute atomic E-state index is 5.77. The van der Waals surface area contributed by atoms with Gasteiger partial charge in [0.05, 0.1) is 28.4 Å². The lowest BCUT2D eigenvalue weighted by Gasteiger charge is -2.22. The molecular weight excluding hydrogens is 378 g/mol. The van der Waals surface area contributed by atoms with E-state index in [1.807, 2.05) is 30.3 Å². The first-order valence-electron chi connectivity index (χ1n) is 9.70. The van der Waals surface area contributed by atoms with Crippen LogP contribution in [0.15, 0.2) is 66.9 Å². The van der Waals surface area contributed by atoms with E-state index in [4.69, 9.17) is 18.9 Å². The first kappa shape index (κ1) is 19.7. The first-order chi connectivity index (χ1) is 14.7. The smallest absolute Gasteiger partial charge is 0.164 e. The minimum absolute atomic E-state index is 0.0817. The molecule has 154 valence electrons. The van der Waals surface area contributed by atoms with Crippen LogP contribution in [0.25, 0.3) is 10.9 Å². The second-order valence-electron chi connectivity index (χ2n) is 6.94. The van der Waals surface area contributed by atoms with E-state index in [1.54, 1.807) is 28.4 Å². The predicted octanol–water partition coefficient (Wildman–Crippen LogP) is 5.38. The van der Waals surface area contributed by atoms with E-state index < -0.39 is 0 Å². The fraction of sp³-hybridized carbons (Fsp3) is 0.200. The van der Waals surface area contributed by atoms with Crippen molar-refractivity contribution < 1.29 is 18.9 Å². The summed E-state index contributed by atoms with van der Waals surface area (Å²) in [5.74, 6) is 2.76. The quantitative estimate of drug-likeness (QED) is 0.450. The molecule has 1 unspecified atom stereocenters. The maximum atomic E-state index is 5.77. The SMILES string of the molecule is COc1ccc(C(c2cc(OC)c(OC)cc2OC)c2c[nH]c3ccccc23)cc1. The third-order valence-electron chi connectivity index (χ3n) is 5.43. The Labute approximate surface area is 176 Å². The minimum atomic E-state index is -0.0817. The molecule has 0 fully saturated rings. The highest BCUT2D eigenvalue weighted by Gasteiger charge is 2.25. The molecule has 4 rings (SSSR count). The zero-order valence-electron chi connectivity index (χ0n) is 17.6. The van der Waals surface area contributed by atoms with Crippen molar-refractivity contribution in [3.63, 3.8) is 0 Å². The van der Waals surface area contributed by atoms with Gasteiger partial charge in [-0.15, -0.1) is 0 Å². The lowest BCUT2D eigenvalue weighted by atomic mass is 9.84. The molecular formula is C25H25NO4. The maximum Gasteiger partial charge on any atom is 0.164 e. The van der Waals surface area contributed by atoms with Gasteiger partial charge in [-0.1, -0.05) is 30.3 Å². The van der Waals surface area contributed by atoms with E-state index in [-0.39, 0.29) is 5.92 Å². The van der Waals surface area contributed by atoms with Gasteiger partial charge in [0.1, 0.15) is 11.5 Å². The van der Waals surface area contributed by atoms with Crippen molar-refractivity contribution in [1.29, 1.82) is 0 Å². The van der Waals surface area contributed by atoms with Crippen molar-refractivity contribution in [3.05, 3.63) is 83.6 Å². The van der Waals surface area contributed by atoms with Crippen molar-refractivity contribution in [2.24, 2.45) is 0 Å². The van der Waals surface area contributed by atoms with Gasteiger partial charge in [-0.25, -0.2) is 0 Å². The number of fused-ring (bicyclic) bond motifs is 1. The van der Waals surface area contributed by atoms with Crippen LogP contribution in [0, 0.1) is 0 Å². The molecule has 30 heavy (non-hydrogen) atoms. The lowest BCUT2D eigenvalue weighted by molar-refractivity contribution is 0.347. The summed E-state index contributed by atoms with van der Waals surface area (Å²) in [5, 5.41) is 1.16. The predicted molar refractivity (Wildman–Crippen MR) is 118 cm³/mol. The lowest BCUT2D eigenvalue weighted by Crippen LogP contribution is -2.06. The first-order valence-corrected chi connectivity index (χ1v) is 9.70. The molecule has 0 aliphatic rings. The zero-order chi connectivity index (χ0) is 21.1. The van der Waals surface area contributed by atoms with Gasteiger partial charge in [-0.05, 0) is 35.4 Å². The standard InChI is InChI=1S/C25H25NO4/c1-27-17-11-9-16(10-12-17)25(20-15-26-21-8-6-5-7-18(20)21)19-13-23(29-3)24(30-4)14-22(19)28-2/h5-15,25-26H,1-4H3. The number of H-pyrrole nitrogens is 1. The van der Waals surface area contributed by atoms with Crippen LogP contribution in [0.5, 0.6) is 23.0 Å². The Bertz CT molecular complexity index is 1150. The van der Waals surface area contributed by atoms with Crippen molar-refractivity contribution in [2.75, 3.05) is 28.4 Å². The van der Waals surface area contributed by atoms with Gasteiger partial charge in [0.25, 0.3) is 0 Å². The summed E-state index contributed by atoms with van der Waals surface area (Å²) in [7, 11) is 6.61. The van der Waals surface area contributed by atoms with Gasteiger partial charge in [0.15, 0.2) is 11.5 Å². The van der Waals surface area contributed by atoms with E-state index in [9.17, 15) is 0 Å². The van der Waals surface area contributed by atoms with E-state index >= 15 is 0 Å². The molecule has 0 aliphatic heterocycles. The third kappa shape index (κ3) is 3.43. The number of benzene rings is 3. The largest absolute Gasteiger partial charge is 0.497 e. The summed E-state index contributed by atoms with van der Waals surface area (Å²) in [6.07, 6.45) is 2.07. The van der Waals surface area contributed by atoms with Crippen molar-refractivity contribution in [1.82, 2.24) is 4.98 Å². The average molecular weight is 403 g/mol. The number of rotatable bonds is 7.